The number of unbranched alkanes of at least 4 members (excludes halogenated alkanes) is 3. The summed E-state index contributed by atoms with van der Waals surface area (Å²) in [6.45, 7) is 4.55. The molecule has 134 valence electrons. The third kappa shape index (κ3) is 8.18. The lowest BCUT2D eigenvalue weighted by Gasteiger charge is -2.18. The van der Waals surface area contributed by atoms with Crippen molar-refractivity contribution in [1.82, 2.24) is 10.6 Å². The van der Waals surface area contributed by atoms with Gasteiger partial charge in [-0.1, -0.05) is 56.5 Å². The van der Waals surface area contributed by atoms with Gasteiger partial charge in [0.15, 0.2) is 0 Å². The molecule has 1 saturated heterocycles. The quantitative estimate of drug-likeness (QED) is 0.424. The van der Waals surface area contributed by atoms with E-state index in [-0.39, 0.29) is 11.9 Å². The highest BCUT2D eigenvalue weighted by molar-refractivity contribution is 7.98. The summed E-state index contributed by atoms with van der Waals surface area (Å²) in [5.74, 6) is 1.83. The highest BCUT2D eigenvalue weighted by Crippen LogP contribution is 2.14. The average Bonchev–Trinajstić information content (AvgIpc) is 3.43. The average molecular weight is 351 g/mol. The molecule has 0 aromatic heterocycles. The van der Waals surface area contributed by atoms with Crippen molar-refractivity contribution >= 4 is 17.7 Å². The van der Waals surface area contributed by atoms with E-state index in [4.69, 9.17) is 4.74 Å². The van der Waals surface area contributed by atoms with Gasteiger partial charge >= 0.3 is 0 Å². The molecular formula is C19H30N2O2S. The minimum absolute atomic E-state index is 0.118. The van der Waals surface area contributed by atoms with Gasteiger partial charge in [-0.3, -0.25) is 4.79 Å². The van der Waals surface area contributed by atoms with Gasteiger partial charge in [0, 0.05) is 24.6 Å². The maximum absolute atomic E-state index is 12.4. The minimum atomic E-state index is -0.144. The van der Waals surface area contributed by atoms with Crippen LogP contribution in [0.1, 0.15) is 38.2 Å². The Labute approximate surface area is 150 Å². The largest absolute Gasteiger partial charge is 0.372 e. The predicted molar refractivity (Wildman–Crippen MR) is 101 cm³/mol. The number of carbonyl (C=O) groups excluding carboxylic acids is 1. The van der Waals surface area contributed by atoms with E-state index in [1.165, 1.54) is 24.8 Å². The second-order valence-corrected chi connectivity index (χ2v) is 7.30. The van der Waals surface area contributed by atoms with Crippen LogP contribution in [-0.2, 0) is 15.3 Å². The van der Waals surface area contributed by atoms with Crippen LogP contribution in [0.3, 0.4) is 0 Å². The van der Waals surface area contributed by atoms with Crippen molar-refractivity contribution in [3.63, 3.8) is 0 Å². The van der Waals surface area contributed by atoms with Crippen LogP contribution < -0.4 is 10.6 Å². The molecule has 0 aliphatic carbocycles. The van der Waals surface area contributed by atoms with Crippen LogP contribution in [0.2, 0.25) is 0 Å². The molecule has 1 aromatic carbocycles. The number of rotatable bonds is 13. The fourth-order valence-corrected chi connectivity index (χ4v) is 3.49. The van der Waals surface area contributed by atoms with E-state index in [9.17, 15) is 4.79 Å². The van der Waals surface area contributed by atoms with Gasteiger partial charge in [-0.05, 0) is 12.0 Å². The molecule has 4 nitrogen and oxygen atoms in total. The SMILES string of the molecule is CCCCCCNC(=O)C(CSCc1ccccc1)NCC1CO1. The minimum Gasteiger partial charge on any atom is -0.372 e. The summed E-state index contributed by atoms with van der Waals surface area (Å²) in [6, 6.07) is 10.2. The summed E-state index contributed by atoms with van der Waals surface area (Å²) in [5, 5.41) is 6.44. The zero-order valence-corrected chi connectivity index (χ0v) is 15.4. The Hall–Kier alpha value is -1.04. The molecule has 1 aliphatic rings. The van der Waals surface area contributed by atoms with E-state index in [0.717, 1.165) is 37.6 Å². The Morgan fingerprint density at radius 1 is 1.29 bits per heavy atom. The monoisotopic (exact) mass is 350 g/mol. The van der Waals surface area contributed by atoms with E-state index >= 15 is 0 Å². The van der Waals surface area contributed by atoms with Gasteiger partial charge in [-0.15, -0.1) is 0 Å². The van der Waals surface area contributed by atoms with Crippen molar-refractivity contribution in [2.75, 3.05) is 25.4 Å². The maximum atomic E-state index is 12.4. The van der Waals surface area contributed by atoms with Crippen molar-refractivity contribution in [2.45, 2.75) is 50.5 Å². The van der Waals surface area contributed by atoms with E-state index in [0.29, 0.717) is 6.10 Å². The van der Waals surface area contributed by atoms with Gasteiger partial charge in [0.25, 0.3) is 0 Å². The molecule has 1 aliphatic heterocycles. The third-order valence-corrected chi connectivity index (χ3v) is 5.14. The number of benzene rings is 1. The molecule has 2 atom stereocenters. The molecule has 2 unspecified atom stereocenters. The summed E-state index contributed by atoms with van der Waals surface area (Å²) in [6.07, 6.45) is 5.01. The van der Waals surface area contributed by atoms with Crippen molar-refractivity contribution in [1.29, 1.82) is 0 Å². The number of hydrogen-bond acceptors (Lipinski definition) is 4. The van der Waals surface area contributed by atoms with Crippen LogP contribution in [0, 0.1) is 0 Å². The Morgan fingerprint density at radius 3 is 2.79 bits per heavy atom. The normalized spacial score (nSPS) is 17.5. The smallest absolute Gasteiger partial charge is 0.237 e. The fraction of sp³-hybridized carbons (Fsp3) is 0.632. The second-order valence-electron chi connectivity index (χ2n) is 6.27. The Balaban J connectivity index is 1.69. The number of amides is 1. The van der Waals surface area contributed by atoms with Crippen LogP contribution in [-0.4, -0.2) is 43.5 Å². The predicted octanol–water partition coefficient (Wildman–Crippen LogP) is 2.97. The van der Waals surface area contributed by atoms with Gasteiger partial charge in [-0.25, -0.2) is 0 Å². The first-order valence-electron chi connectivity index (χ1n) is 9.04. The lowest BCUT2D eigenvalue weighted by atomic mass is 10.2. The molecular weight excluding hydrogens is 320 g/mol. The molecule has 0 spiro atoms. The number of hydrogen-bond donors (Lipinski definition) is 2. The zero-order chi connectivity index (χ0) is 17.0. The van der Waals surface area contributed by atoms with Crippen LogP contribution in [0.4, 0.5) is 0 Å². The zero-order valence-electron chi connectivity index (χ0n) is 14.6. The van der Waals surface area contributed by atoms with Crippen molar-refractivity contribution in [3.8, 4) is 0 Å². The summed E-state index contributed by atoms with van der Waals surface area (Å²) < 4.78 is 5.24. The van der Waals surface area contributed by atoms with E-state index in [1.807, 2.05) is 6.07 Å². The van der Waals surface area contributed by atoms with Gasteiger partial charge in [0.1, 0.15) is 0 Å². The standard InChI is InChI=1S/C19H30N2O2S/c1-2-3-4-8-11-20-19(22)18(21-12-17-13-23-17)15-24-14-16-9-6-5-7-10-16/h5-7,9-10,17-18,21H,2-4,8,11-15H2,1H3,(H,20,22). The molecule has 0 saturated carbocycles. The van der Waals surface area contributed by atoms with Gasteiger partial charge in [0.05, 0.1) is 18.8 Å². The van der Waals surface area contributed by atoms with Crippen LogP contribution in [0.15, 0.2) is 30.3 Å². The molecule has 1 heterocycles. The van der Waals surface area contributed by atoms with Crippen molar-refractivity contribution in [2.24, 2.45) is 0 Å². The molecule has 1 fully saturated rings. The molecule has 24 heavy (non-hydrogen) atoms. The maximum Gasteiger partial charge on any atom is 0.237 e. The molecule has 1 amide bonds. The summed E-state index contributed by atoms with van der Waals surface area (Å²) in [4.78, 5) is 12.4. The lowest BCUT2D eigenvalue weighted by molar-refractivity contribution is -0.122. The molecule has 1 aromatic rings. The van der Waals surface area contributed by atoms with Crippen molar-refractivity contribution in [3.05, 3.63) is 35.9 Å². The lowest BCUT2D eigenvalue weighted by Crippen LogP contribution is -2.47. The summed E-state index contributed by atoms with van der Waals surface area (Å²) in [5.41, 5.74) is 1.30. The van der Waals surface area contributed by atoms with Crippen LogP contribution in [0.25, 0.3) is 0 Å². The molecule has 2 N–H and O–H groups in total. The third-order valence-electron chi connectivity index (χ3n) is 4.04. The van der Waals surface area contributed by atoms with Gasteiger partial charge in [-0.2, -0.15) is 11.8 Å². The first-order valence-corrected chi connectivity index (χ1v) is 10.2. The van der Waals surface area contributed by atoms with E-state index in [1.54, 1.807) is 11.8 Å². The fourth-order valence-electron chi connectivity index (χ4n) is 2.44. The summed E-state index contributed by atoms with van der Waals surface area (Å²) in [7, 11) is 0. The number of carbonyl (C=O) groups is 1. The molecule has 5 heteroatoms. The molecule has 2 rings (SSSR count). The summed E-state index contributed by atoms with van der Waals surface area (Å²) >= 11 is 1.80. The number of epoxide rings is 1. The highest BCUT2D eigenvalue weighted by atomic mass is 32.2. The Morgan fingerprint density at radius 2 is 2.08 bits per heavy atom. The molecule has 0 radical (unpaired) electrons. The van der Waals surface area contributed by atoms with E-state index in [2.05, 4.69) is 41.8 Å². The van der Waals surface area contributed by atoms with Crippen LogP contribution >= 0.6 is 11.8 Å². The molecule has 0 bridgehead atoms. The van der Waals surface area contributed by atoms with Crippen molar-refractivity contribution < 1.29 is 9.53 Å². The number of nitrogens with one attached hydrogen (secondary N) is 2. The second kappa shape index (κ2) is 11.5. The number of ether oxygens (including phenoxy) is 1. The first-order chi connectivity index (χ1) is 11.8. The van der Waals surface area contributed by atoms with Gasteiger partial charge in [0.2, 0.25) is 5.91 Å². The topological polar surface area (TPSA) is 53.7 Å². The Bertz CT molecular complexity index is 466. The van der Waals surface area contributed by atoms with Crippen LogP contribution in [0.5, 0.6) is 0 Å². The number of thioether (sulfide) groups is 1. The first kappa shape index (κ1) is 19.3. The van der Waals surface area contributed by atoms with Gasteiger partial charge < -0.3 is 15.4 Å². The van der Waals surface area contributed by atoms with E-state index < -0.39 is 0 Å². The Kier molecular flexibility index (Phi) is 9.24. The highest BCUT2D eigenvalue weighted by Gasteiger charge is 2.25.